The maximum atomic E-state index is 5.57. The van der Waals surface area contributed by atoms with Crippen LogP contribution in [0, 0.1) is 0 Å². The van der Waals surface area contributed by atoms with E-state index in [2.05, 4.69) is 89.4 Å². The fourth-order valence-corrected chi connectivity index (χ4v) is 4.45. The number of rotatable bonds is 2. The third-order valence-corrected chi connectivity index (χ3v) is 6.56. The van der Waals surface area contributed by atoms with E-state index in [9.17, 15) is 0 Å². The molecule has 0 amide bonds. The van der Waals surface area contributed by atoms with Gasteiger partial charge in [-0.05, 0) is 76.6 Å². The van der Waals surface area contributed by atoms with Crippen LogP contribution in [0.2, 0.25) is 0 Å². The van der Waals surface area contributed by atoms with Crippen molar-refractivity contribution in [1.82, 2.24) is 19.8 Å². The van der Waals surface area contributed by atoms with Crippen LogP contribution in [0.4, 0.5) is 0 Å². The molecule has 1 aromatic carbocycles. The van der Waals surface area contributed by atoms with Crippen LogP contribution < -0.4 is 0 Å². The van der Waals surface area contributed by atoms with Gasteiger partial charge in [-0.1, -0.05) is 6.92 Å². The topological polar surface area (TPSA) is 32.3 Å². The summed E-state index contributed by atoms with van der Waals surface area (Å²) in [6.07, 6.45) is 8.92. The monoisotopic (exact) mass is 669 g/mol. The van der Waals surface area contributed by atoms with Crippen LogP contribution >= 0.6 is 41.6 Å². The Labute approximate surface area is 220 Å². The summed E-state index contributed by atoms with van der Waals surface area (Å²) < 4.78 is 4.11. The summed E-state index contributed by atoms with van der Waals surface area (Å²) >= 11 is 6.42. The van der Waals surface area contributed by atoms with Crippen molar-refractivity contribution < 1.29 is 15.7 Å². The Morgan fingerprint density at radius 2 is 1.41 bits per heavy atom. The minimum absolute atomic E-state index is 0.0765. The first-order valence-electron chi connectivity index (χ1n) is 10.1. The number of aromatic nitrogens is 2. The van der Waals surface area contributed by atoms with Gasteiger partial charge >= 0.3 is 65.9 Å². The van der Waals surface area contributed by atoms with E-state index in [1.165, 1.54) is 25.1 Å². The second kappa shape index (κ2) is 18.6. The predicted octanol–water partition coefficient (Wildman–Crippen LogP) is 6.36. The van der Waals surface area contributed by atoms with E-state index in [1.807, 2.05) is 42.5 Å². The van der Waals surface area contributed by atoms with Crippen LogP contribution in [-0.2, 0) is 15.7 Å². The molecular formula is C24H30Br2ClN4Ru. The quantitative estimate of drug-likeness (QED) is 0.297. The van der Waals surface area contributed by atoms with Crippen molar-refractivity contribution in [3.8, 4) is 0 Å². The Bertz CT molecular complexity index is 810. The number of likely N-dealkylation sites (N-methyl/N-ethyl adjacent to an activating group) is 2. The number of pyridine rings is 2. The Morgan fingerprint density at radius 1 is 0.906 bits per heavy atom. The van der Waals surface area contributed by atoms with Crippen LogP contribution in [0.3, 0.4) is 0 Å². The molecule has 0 spiro atoms. The van der Waals surface area contributed by atoms with Crippen LogP contribution in [0.5, 0.6) is 0 Å². The molecule has 0 N–H and O–H groups in total. The van der Waals surface area contributed by atoms with Crippen LogP contribution in [-0.4, -0.2) is 57.7 Å². The van der Waals surface area contributed by atoms with Crippen molar-refractivity contribution in [1.29, 1.82) is 0 Å². The molecule has 3 heterocycles. The van der Waals surface area contributed by atoms with Gasteiger partial charge in [0.1, 0.15) is 0 Å². The fraction of sp³-hybridized carbons (Fsp3) is 0.292. The van der Waals surface area contributed by atoms with E-state index in [1.54, 1.807) is 24.8 Å². The summed E-state index contributed by atoms with van der Waals surface area (Å²) in [4.78, 5) is 12.5. The van der Waals surface area contributed by atoms with E-state index in [0.717, 1.165) is 8.95 Å². The molecule has 4 nitrogen and oxygen atoms in total. The van der Waals surface area contributed by atoms with E-state index in [4.69, 9.17) is 9.69 Å². The normalized spacial score (nSPS) is 14.2. The number of benzene rings is 1. The molecule has 1 aliphatic rings. The van der Waals surface area contributed by atoms with Crippen molar-refractivity contribution in [2.75, 3.05) is 27.2 Å². The Balaban J connectivity index is 0.000000215. The first-order valence-corrected chi connectivity index (χ1v) is 14.9. The number of hydrogen-bond donors (Lipinski definition) is 0. The molecule has 0 aliphatic carbocycles. The molecule has 4 rings (SSSR count). The Kier molecular flexibility index (Phi) is 17.0. The third-order valence-electron chi connectivity index (χ3n) is 4.40. The van der Waals surface area contributed by atoms with Crippen LogP contribution in [0.15, 0.2) is 88.3 Å². The van der Waals surface area contributed by atoms with Crippen molar-refractivity contribution in [3.63, 3.8) is 0 Å². The molecule has 175 valence electrons. The molecule has 2 aromatic heterocycles. The minimum atomic E-state index is -0.0765. The number of hydrogen-bond acceptors (Lipinski definition) is 4. The first-order chi connectivity index (χ1) is 15.5. The number of nitrogens with zero attached hydrogens (tertiary/aromatic N) is 4. The zero-order valence-corrected chi connectivity index (χ0v) is 24.2. The molecular weight excluding hydrogens is 641 g/mol. The molecule has 1 aliphatic heterocycles. The van der Waals surface area contributed by atoms with Crippen molar-refractivity contribution in [2.45, 2.75) is 19.5 Å². The molecule has 3 aromatic rings. The Hall–Kier alpha value is -0.817. The van der Waals surface area contributed by atoms with Crippen molar-refractivity contribution >= 4 is 46.2 Å². The summed E-state index contributed by atoms with van der Waals surface area (Å²) in [5.41, 5.74) is 1.23. The molecule has 1 saturated heterocycles. The third kappa shape index (κ3) is 13.7. The van der Waals surface area contributed by atoms with Crippen molar-refractivity contribution in [3.05, 3.63) is 93.9 Å². The fourth-order valence-electron chi connectivity index (χ4n) is 2.82. The van der Waals surface area contributed by atoms with E-state index < -0.39 is 0 Å². The van der Waals surface area contributed by atoms with Gasteiger partial charge in [0.2, 0.25) is 0 Å². The van der Waals surface area contributed by atoms with Gasteiger partial charge in [0, 0.05) is 46.8 Å². The molecule has 1 fully saturated rings. The van der Waals surface area contributed by atoms with Gasteiger partial charge in [-0.2, -0.15) is 0 Å². The van der Waals surface area contributed by atoms with Gasteiger partial charge in [-0.3, -0.25) is 19.8 Å². The van der Waals surface area contributed by atoms with Gasteiger partial charge < -0.3 is 0 Å². The summed E-state index contributed by atoms with van der Waals surface area (Å²) in [6, 6.07) is 17.8. The molecule has 0 radical (unpaired) electrons. The molecule has 0 unspecified atom stereocenters. The predicted molar refractivity (Wildman–Crippen MR) is 141 cm³/mol. The molecule has 0 bridgehead atoms. The molecule has 32 heavy (non-hydrogen) atoms. The van der Waals surface area contributed by atoms with Gasteiger partial charge in [-0.25, -0.2) is 0 Å². The summed E-state index contributed by atoms with van der Waals surface area (Å²) in [5.74, 6) is 0. The average Bonchev–Trinajstić information content (AvgIpc) is 3.14. The molecule has 0 saturated carbocycles. The van der Waals surface area contributed by atoms with Gasteiger partial charge in [0.05, 0.1) is 6.17 Å². The number of halogens is 3. The van der Waals surface area contributed by atoms with Gasteiger partial charge in [0.15, 0.2) is 0 Å². The van der Waals surface area contributed by atoms with E-state index >= 15 is 0 Å². The summed E-state index contributed by atoms with van der Waals surface area (Å²) in [5, 5.41) is 0. The first kappa shape index (κ1) is 29.2. The van der Waals surface area contributed by atoms with Crippen LogP contribution in [0.1, 0.15) is 18.9 Å². The SMILES string of the molecule is Brc1cccnc1.Brc1cccnc1.CCC1N(C)CCN1C.[Cl][Ru]=[CH]c1ccccc1. The van der Waals surface area contributed by atoms with Gasteiger partial charge in [0.25, 0.3) is 0 Å². The zero-order valence-electron chi connectivity index (χ0n) is 18.6. The molecule has 8 heteroatoms. The van der Waals surface area contributed by atoms with E-state index in [-0.39, 0.29) is 15.7 Å². The van der Waals surface area contributed by atoms with Crippen LogP contribution in [0.25, 0.3) is 0 Å². The average molecular weight is 671 g/mol. The summed E-state index contributed by atoms with van der Waals surface area (Å²) in [7, 11) is 9.95. The summed E-state index contributed by atoms with van der Waals surface area (Å²) in [6.45, 7) is 4.70. The standard InChI is InChI=1S/C7H16N2.C7H6.2C5H4BrN.ClH.Ru/c1-4-7-8(2)5-6-9(7)3;1-7-5-3-2-4-6-7;2*6-5-2-1-3-7-4-5;;/h7H,4-6H2,1-3H3;1-6H;2*1-4H;1H;/q;;;;;+1/p-1. The second-order valence-corrected chi connectivity index (χ2v) is 10.4. The Morgan fingerprint density at radius 3 is 1.69 bits per heavy atom. The molecule has 0 atom stereocenters. The maximum absolute atomic E-state index is 5.57. The van der Waals surface area contributed by atoms with E-state index in [0.29, 0.717) is 6.17 Å². The van der Waals surface area contributed by atoms with Crippen molar-refractivity contribution in [2.24, 2.45) is 0 Å². The second-order valence-electron chi connectivity index (χ2n) is 6.78. The van der Waals surface area contributed by atoms with Gasteiger partial charge in [-0.15, -0.1) is 0 Å². The zero-order chi connectivity index (χ0) is 23.6.